The zero-order chi connectivity index (χ0) is 30.5. The molecule has 1 N–H and O–H groups in total. The number of hydrogen-bond acceptors (Lipinski definition) is 5. The third-order valence-corrected chi connectivity index (χ3v) is 9.86. The molecule has 4 aliphatic rings. The lowest BCUT2D eigenvalue weighted by atomic mass is 9.73. The van der Waals surface area contributed by atoms with Crippen LogP contribution in [0.1, 0.15) is 79.4 Å². The maximum Gasteiger partial charge on any atom is 0.281 e. The van der Waals surface area contributed by atoms with Crippen molar-refractivity contribution in [3.05, 3.63) is 58.1 Å². The quantitative estimate of drug-likeness (QED) is 0.475. The molecule has 12 heteroatoms. The number of nitrogens with zero attached hydrogens (tertiary/aromatic N) is 4. The second-order valence-electron chi connectivity index (χ2n) is 12.2. The number of fused-ring (bicyclic) bond motifs is 2. The summed E-state index contributed by atoms with van der Waals surface area (Å²) in [6, 6.07) is 7.57. The van der Waals surface area contributed by atoms with Crippen LogP contribution in [0.4, 0.5) is 18.9 Å². The van der Waals surface area contributed by atoms with Gasteiger partial charge in [-0.15, -0.1) is 0 Å². The van der Waals surface area contributed by atoms with Crippen LogP contribution < -0.4 is 10.2 Å². The van der Waals surface area contributed by atoms with E-state index in [1.165, 1.54) is 18.2 Å². The Morgan fingerprint density at radius 3 is 2.44 bits per heavy atom. The smallest absolute Gasteiger partial charge is 0.281 e. The fraction of sp³-hybridized carbons (Fsp3) is 0.516. The van der Waals surface area contributed by atoms with Gasteiger partial charge >= 0.3 is 0 Å². The van der Waals surface area contributed by atoms with Crippen LogP contribution >= 0.6 is 11.6 Å². The first kappa shape index (κ1) is 29.4. The van der Waals surface area contributed by atoms with Gasteiger partial charge in [0.1, 0.15) is 16.9 Å². The van der Waals surface area contributed by atoms with E-state index in [9.17, 15) is 32.8 Å². The summed E-state index contributed by atoms with van der Waals surface area (Å²) in [6.45, 7) is 1.11. The molecule has 0 radical (unpaired) electrons. The minimum absolute atomic E-state index is 0.0919. The molecule has 3 fully saturated rings. The third kappa shape index (κ3) is 5.24. The molecule has 1 aromatic heterocycles. The molecule has 0 bridgehead atoms. The Labute approximate surface area is 252 Å². The van der Waals surface area contributed by atoms with Gasteiger partial charge in [0.05, 0.1) is 27.8 Å². The second-order valence-corrected chi connectivity index (χ2v) is 12.7. The molecule has 1 spiro atoms. The largest absolute Gasteiger partial charge is 0.349 e. The average molecular weight is 614 g/mol. The molecule has 1 saturated heterocycles. The molecule has 2 aromatic rings. The first-order valence-corrected chi connectivity index (χ1v) is 15.0. The van der Waals surface area contributed by atoms with Crippen molar-refractivity contribution in [3.8, 4) is 6.07 Å². The van der Waals surface area contributed by atoms with Gasteiger partial charge in [0.15, 0.2) is 0 Å². The number of nitriles is 1. The zero-order valence-corrected chi connectivity index (χ0v) is 24.2. The number of halogens is 4. The monoisotopic (exact) mass is 613 g/mol. The van der Waals surface area contributed by atoms with E-state index >= 15 is 0 Å². The minimum atomic E-state index is -2.91. The van der Waals surface area contributed by atoms with Crippen molar-refractivity contribution in [2.24, 2.45) is 11.3 Å². The summed E-state index contributed by atoms with van der Waals surface area (Å²) in [5.41, 5.74) is -1.28. The SMILES string of the molecule is N#CC1(C(=O)N2CCC3(CC2)C(=O)N(C[C@H]2CC[C@H](NC(=O)c4cc(Cl)cnc4C(F)F)CC2)c2cc(F)ccc23)CC1. The lowest BCUT2D eigenvalue weighted by Crippen LogP contribution is -2.52. The number of piperidine rings is 1. The van der Waals surface area contributed by atoms with Gasteiger partial charge in [-0.3, -0.25) is 19.4 Å². The summed E-state index contributed by atoms with van der Waals surface area (Å²) in [7, 11) is 0. The predicted molar refractivity (Wildman–Crippen MR) is 151 cm³/mol. The first-order valence-electron chi connectivity index (χ1n) is 14.6. The van der Waals surface area contributed by atoms with Crippen molar-refractivity contribution in [1.29, 1.82) is 5.26 Å². The molecule has 43 heavy (non-hydrogen) atoms. The molecule has 3 amide bonds. The van der Waals surface area contributed by atoms with Crippen LogP contribution in [0.15, 0.2) is 30.5 Å². The number of pyridine rings is 1. The van der Waals surface area contributed by atoms with Crippen molar-refractivity contribution >= 4 is 35.0 Å². The van der Waals surface area contributed by atoms with E-state index in [4.69, 9.17) is 11.6 Å². The standard InChI is InChI=1S/C31H31ClF3N5O3/c32-19-13-22(25(26(34)35)37-15-19)27(41)38-21-4-1-18(2-5-21)16-40-24-14-20(33)3-6-23(24)31(29(40)43)9-11-39(12-10-31)28(42)30(17-36)7-8-30/h3,6,13-15,18,21,26H,1-2,4-5,7-12,16H2,(H,38,41)/t18-,21-. The van der Waals surface area contributed by atoms with Gasteiger partial charge in [0.2, 0.25) is 11.8 Å². The molecule has 0 unspecified atom stereocenters. The lowest BCUT2D eigenvalue weighted by molar-refractivity contribution is -0.138. The number of hydrogen-bond donors (Lipinski definition) is 1. The number of alkyl halides is 2. The number of benzene rings is 1. The molecule has 2 aliphatic carbocycles. The molecular formula is C31H31ClF3N5O3. The number of carbonyl (C=O) groups is 3. The summed E-state index contributed by atoms with van der Waals surface area (Å²) < 4.78 is 41.2. The summed E-state index contributed by atoms with van der Waals surface area (Å²) >= 11 is 5.90. The highest BCUT2D eigenvalue weighted by molar-refractivity contribution is 6.30. The van der Waals surface area contributed by atoms with Crippen molar-refractivity contribution in [2.75, 3.05) is 24.5 Å². The maximum absolute atomic E-state index is 14.4. The molecular weight excluding hydrogens is 583 g/mol. The fourth-order valence-corrected chi connectivity index (χ4v) is 7.15. The van der Waals surface area contributed by atoms with Crippen molar-refractivity contribution in [3.63, 3.8) is 0 Å². The van der Waals surface area contributed by atoms with E-state index < -0.39 is 34.7 Å². The highest BCUT2D eigenvalue weighted by Gasteiger charge is 2.56. The Morgan fingerprint density at radius 2 is 1.81 bits per heavy atom. The van der Waals surface area contributed by atoms with E-state index in [1.807, 2.05) is 0 Å². The Kier molecular flexibility index (Phi) is 7.61. The number of anilines is 1. The number of amides is 3. The van der Waals surface area contributed by atoms with E-state index in [0.29, 0.717) is 76.7 Å². The van der Waals surface area contributed by atoms with Crippen molar-refractivity contribution in [1.82, 2.24) is 15.2 Å². The van der Waals surface area contributed by atoms with Crippen LogP contribution in [0.5, 0.6) is 0 Å². The third-order valence-electron chi connectivity index (χ3n) is 9.66. The Morgan fingerprint density at radius 1 is 1.12 bits per heavy atom. The van der Waals surface area contributed by atoms with Gasteiger partial charge in [-0.1, -0.05) is 17.7 Å². The van der Waals surface area contributed by atoms with Crippen molar-refractivity contribution in [2.45, 2.75) is 69.2 Å². The van der Waals surface area contributed by atoms with E-state index in [0.717, 1.165) is 11.8 Å². The molecule has 2 saturated carbocycles. The Bertz CT molecular complexity index is 1510. The molecule has 1 aromatic carbocycles. The molecule has 2 aliphatic heterocycles. The van der Waals surface area contributed by atoms with Crippen LogP contribution in [0.2, 0.25) is 5.02 Å². The zero-order valence-electron chi connectivity index (χ0n) is 23.4. The van der Waals surface area contributed by atoms with Gasteiger partial charge in [0.25, 0.3) is 12.3 Å². The maximum atomic E-state index is 14.4. The first-order chi connectivity index (χ1) is 20.6. The predicted octanol–water partition coefficient (Wildman–Crippen LogP) is 5.31. The number of likely N-dealkylation sites (tertiary alicyclic amines) is 1. The van der Waals surface area contributed by atoms with Gasteiger partial charge in [-0.2, -0.15) is 5.26 Å². The number of nitrogens with one attached hydrogen (secondary N) is 1. The van der Waals surface area contributed by atoms with E-state index in [2.05, 4.69) is 16.4 Å². The van der Waals surface area contributed by atoms with Crippen LogP contribution in [0, 0.1) is 28.5 Å². The Balaban J connectivity index is 1.11. The molecule has 8 nitrogen and oxygen atoms in total. The Hall–Kier alpha value is -3.65. The topological polar surface area (TPSA) is 106 Å². The molecule has 0 atom stereocenters. The second kappa shape index (κ2) is 11.1. The summed E-state index contributed by atoms with van der Waals surface area (Å²) in [5.74, 6) is -1.24. The van der Waals surface area contributed by atoms with Crippen LogP contribution in [-0.2, 0) is 15.0 Å². The van der Waals surface area contributed by atoms with Crippen LogP contribution in [0.25, 0.3) is 0 Å². The highest BCUT2D eigenvalue weighted by atomic mass is 35.5. The summed E-state index contributed by atoms with van der Waals surface area (Å²) in [4.78, 5) is 46.8. The van der Waals surface area contributed by atoms with Crippen LogP contribution in [-0.4, -0.2) is 53.3 Å². The van der Waals surface area contributed by atoms with Gasteiger partial charge < -0.3 is 15.1 Å². The number of carbonyl (C=O) groups excluding carboxylic acids is 3. The average Bonchev–Trinajstić information content (AvgIpc) is 3.78. The normalized spacial score (nSPS) is 23.7. The number of aromatic nitrogens is 1. The van der Waals surface area contributed by atoms with Gasteiger partial charge in [-0.25, -0.2) is 13.2 Å². The summed E-state index contributed by atoms with van der Waals surface area (Å²) in [5, 5.41) is 12.4. The minimum Gasteiger partial charge on any atom is -0.349 e. The van der Waals surface area contributed by atoms with Crippen LogP contribution in [0.3, 0.4) is 0 Å². The van der Waals surface area contributed by atoms with Gasteiger partial charge in [-0.05, 0) is 81.0 Å². The highest BCUT2D eigenvalue weighted by Crippen LogP contribution is 2.51. The molecule has 6 rings (SSSR count). The lowest BCUT2D eigenvalue weighted by Gasteiger charge is -2.39. The van der Waals surface area contributed by atoms with E-state index in [-0.39, 0.29) is 34.4 Å². The van der Waals surface area contributed by atoms with Crippen molar-refractivity contribution < 1.29 is 27.6 Å². The molecule has 3 heterocycles. The van der Waals surface area contributed by atoms with E-state index in [1.54, 1.807) is 15.9 Å². The summed E-state index contributed by atoms with van der Waals surface area (Å²) in [6.07, 6.45) is 2.67. The van der Waals surface area contributed by atoms with Gasteiger partial charge in [0, 0.05) is 31.9 Å². The molecule has 226 valence electrons. The number of rotatable bonds is 6. The fourth-order valence-electron chi connectivity index (χ4n) is 6.99.